The number of rotatable bonds is 6. The van der Waals surface area contributed by atoms with E-state index in [0.717, 1.165) is 6.07 Å². The number of amides is 1. The Morgan fingerprint density at radius 1 is 1.58 bits per heavy atom. The molecule has 0 radical (unpaired) electrons. The van der Waals surface area contributed by atoms with Crippen LogP contribution in [0.1, 0.15) is 16.9 Å². The van der Waals surface area contributed by atoms with Crippen molar-refractivity contribution in [2.45, 2.75) is 12.5 Å². The number of aromatic nitrogens is 1. The number of aryl methyl sites for hydroxylation is 1. The number of carboxylic acids is 1. The van der Waals surface area contributed by atoms with Crippen molar-refractivity contribution in [1.82, 2.24) is 9.88 Å². The third-order valence-corrected chi connectivity index (χ3v) is 2.42. The third kappa shape index (κ3) is 3.78. The van der Waals surface area contributed by atoms with Crippen LogP contribution < -0.4 is 5.32 Å². The fraction of sp³-hybridized carbons (Fsp3) is 0.400. The monoisotopic (exact) mass is 271 g/mol. The van der Waals surface area contributed by atoms with Crippen LogP contribution in [0, 0.1) is 10.1 Å². The molecule has 0 saturated carbocycles. The number of aliphatic carboxylic acids is 1. The zero-order valence-corrected chi connectivity index (χ0v) is 10.1. The normalized spacial score (nSPS) is 11.9. The number of carboxylic acid groups (broad SMARTS) is 1. The SMILES string of the molecule is Cn1cc([N+](=O)[O-])cc1C(=O)NCC[C@H](O)C(=O)O. The number of nitrogens with one attached hydrogen (secondary N) is 1. The number of carbonyl (C=O) groups excluding carboxylic acids is 1. The molecule has 0 aromatic carbocycles. The van der Waals surface area contributed by atoms with E-state index in [9.17, 15) is 19.7 Å². The Bertz CT molecular complexity index is 509. The van der Waals surface area contributed by atoms with E-state index >= 15 is 0 Å². The van der Waals surface area contributed by atoms with Crippen LogP contribution >= 0.6 is 0 Å². The highest BCUT2D eigenvalue weighted by Gasteiger charge is 2.18. The van der Waals surface area contributed by atoms with E-state index in [1.165, 1.54) is 17.8 Å². The van der Waals surface area contributed by atoms with Crippen LogP contribution in [-0.4, -0.2) is 44.2 Å². The summed E-state index contributed by atoms with van der Waals surface area (Å²) in [6, 6.07) is 1.11. The molecular weight excluding hydrogens is 258 g/mol. The van der Waals surface area contributed by atoms with Gasteiger partial charge in [0.2, 0.25) is 0 Å². The molecular formula is C10H13N3O6. The summed E-state index contributed by atoms with van der Waals surface area (Å²) in [7, 11) is 1.48. The zero-order chi connectivity index (χ0) is 14.6. The Kier molecular flexibility index (Phi) is 4.59. The smallest absolute Gasteiger partial charge is 0.332 e. The minimum atomic E-state index is -1.55. The van der Waals surface area contributed by atoms with Gasteiger partial charge in [-0.3, -0.25) is 14.9 Å². The van der Waals surface area contributed by atoms with E-state index in [4.69, 9.17) is 10.2 Å². The standard InChI is InChI=1S/C10H13N3O6/c1-12-5-6(13(18)19)4-7(12)9(15)11-3-2-8(14)10(16)17/h4-5,8,14H,2-3H2,1H3,(H,11,15)(H,16,17)/t8-/m0/s1. The second-order valence-electron chi connectivity index (χ2n) is 3.85. The van der Waals surface area contributed by atoms with Gasteiger partial charge in [-0.05, 0) is 0 Å². The molecule has 0 fully saturated rings. The summed E-state index contributed by atoms with van der Waals surface area (Å²) in [5.41, 5.74) is -0.130. The average Bonchev–Trinajstić information content (AvgIpc) is 2.71. The maximum atomic E-state index is 11.7. The van der Waals surface area contributed by atoms with Crippen LogP contribution in [-0.2, 0) is 11.8 Å². The fourth-order valence-electron chi connectivity index (χ4n) is 1.41. The summed E-state index contributed by atoms with van der Waals surface area (Å²) < 4.78 is 1.29. The van der Waals surface area contributed by atoms with Gasteiger partial charge in [0, 0.05) is 26.1 Å². The van der Waals surface area contributed by atoms with Crippen molar-refractivity contribution < 1.29 is 24.7 Å². The number of carbonyl (C=O) groups is 2. The predicted molar refractivity (Wildman–Crippen MR) is 62.7 cm³/mol. The Labute approximate surface area is 107 Å². The van der Waals surface area contributed by atoms with Crippen molar-refractivity contribution in [1.29, 1.82) is 0 Å². The van der Waals surface area contributed by atoms with E-state index < -0.39 is 22.9 Å². The maximum Gasteiger partial charge on any atom is 0.332 e. The minimum Gasteiger partial charge on any atom is -0.479 e. The van der Waals surface area contributed by atoms with Crippen LogP contribution in [0.25, 0.3) is 0 Å². The lowest BCUT2D eigenvalue weighted by Crippen LogP contribution is -2.30. The Hall–Kier alpha value is -2.42. The lowest BCUT2D eigenvalue weighted by molar-refractivity contribution is -0.384. The van der Waals surface area contributed by atoms with Gasteiger partial charge in [0.15, 0.2) is 6.10 Å². The second kappa shape index (κ2) is 5.96. The highest BCUT2D eigenvalue weighted by atomic mass is 16.6. The first-order valence-corrected chi connectivity index (χ1v) is 5.32. The molecule has 0 spiro atoms. The van der Waals surface area contributed by atoms with Crippen molar-refractivity contribution in [3.63, 3.8) is 0 Å². The van der Waals surface area contributed by atoms with Crippen molar-refractivity contribution in [2.24, 2.45) is 7.05 Å². The number of hydrogen-bond acceptors (Lipinski definition) is 5. The number of hydrogen-bond donors (Lipinski definition) is 3. The van der Waals surface area contributed by atoms with Gasteiger partial charge in [-0.2, -0.15) is 0 Å². The first-order chi connectivity index (χ1) is 8.82. The summed E-state index contributed by atoms with van der Waals surface area (Å²) in [6.07, 6.45) is -0.503. The Morgan fingerprint density at radius 2 is 2.21 bits per heavy atom. The Balaban J connectivity index is 2.59. The number of nitrogens with zero attached hydrogens (tertiary/aromatic N) is 2. The first kappa shape index (κ1) is 14.6. The van der Waals surface area contributed by atoms with Gasteiger partial charge in [-0.15, -0.1) is 0 Å². The molecule has 0 bridgehead atoms. The zero-order valence-electron chi connectivity index (χ0n) is 10.1. The molecule has 104 valence electrons. The van der Waals surface area contributed by atoms with Gasteiger partial charge in [-0.1, -0.05) is 0 Å². The summed E-state index contributed by atoms with van der Waals surface area (Å²) in [4.78, 5) is 31.9. The van der Waals surface area contributed by atoms with Crippen LogP contribution in [0.3, 0.4) is 0 Å². The lowest BCUT2D eigenvalue weighted by Gasteiger charge is -2.07. The lowest BCUT2D eigenvalue weighted by atomic mass is 10.2. The fourth-order valence-corrected chi connectivity index (χ4v) is 1.41. The summed E-state index contributed by atoms with van der Waals surface area (Å²) in [5, 5.41) is 30.3. The molecule has 1 aromatic rings. The van der Waals surface area contributed by atoms with E-state index in [0.29, 0.717) is 0 Å². The molecule has 1 rings (SSSR count). The summed E-state index contributed by atoms with van der Waals surface area (Å²) >= 11 is 0. The maximum absolute atomic E-state index is 11.7. The van der Waals surface area contributed by atoms with E-state index in [2.05, 4.69) is 5.32 Å². The molecule has 9 heteroatoms. The van der Waals surface area contributed by atoms with Gasteiger partial charge in [0.1, 0.15) is 5.69 Å². The Morgan fingerprint density at radius 3 is 2.68 bits per heavy atom. The molecule has 1 aromatic heterocycles. The minimum absolute atomic E-state index is 0.0503. The van der Waals surface area contributed by atoms with E-state index in [-0.39, 0.29) is 24.3 Å². The molecule has 9 nitrogen and oxygen atoms in total. The molecule has 0 aliphatic rings. The van der Waals surface area contributed by atoms with Crippen LogP contribution in [0.4, 0.5) is 5.69 Å². The van der Waals surface area contributed by atoms with Gasteiger partial charge in [-0.25, -0.2) is 4.79 Å². The number of aliphatic hydroxyl groups excluding tert-OH is 1. The summed E-state index contributed by atoms with van der Waals surface area (Å²) in [5.74, 6) is -1.95. The van der Waals surface area contributed by atoms with Crippen LogP contribution in [0.5, 0.6) is 0 Å². The van der Waals surface area contributed by atoms with Crippen molar-refractivity contribution in [3.8, 4) is 0 Å². The largest absolute Gasteiger partial charge is 0.479 e. The second-order valence-corrected chi connectivity index (χ2v) is 3.85. The van der Waals surface area contributed by atoms with Crippen molar-refractivity contribution in [2.75, 3.05) is 6.54 Å². The number of aliphatic hydroxyl groups is 1. The molecule has 3 N–H and O–H groups in total. The highest BCUT2D eigenvalue weighted by molar-refractivity contribution is 5.93. The molecule has 0 aliphatic carbocycles. The van der Waals surface area contributed by atoms with Gasteiger partial charge >= 0.3 is 5.97 Å². The molecule has 19 heavy (non-hydrogen) atoms. The average molecular weight is 271 g/mol. The first-order valence-electron chi connectivity index (χ1n) is 5.32. The third-order valence-electron chi connectivity index (χ3n) is 2.42. The topological polar surface area (TPSA) is 135 Å². The van der Waals surface area contributed by atoms with Gasteiger partial charge in [0.05, 0.1) is 11.1 Å². The molecule has 1 atom stereocenters. The number of nitro groups is 1. The van der Waals surface area contributed by atoms with Gasteiger partial charge < -0.3 is 20.1 Å². The predicted octanol–water partition coefficient (Wildman–Crippen LogP) is -0.501. The van der Waals surface area contributed by atoms with E-state index in [1.54, 1.807) is 0 Å². The van der Waals surface area contributed by atoms with Crippen molar-refractivity contribution in [3.05, 3.63) is 28.1 Å². The molecule has 1 amide bonds. The van der Waals surface area contributed by atoms with Crippen LogP contribution in [0.2, 0.25) is 0 Å². The molecule has 1 heterocycles. The quantitative estimate of drug-likeness (QED) is 0.471. The highest BCUT2D eigenvalue weighted by Crippen LogP contribution is 2.14. The van der Waals surface area contributed by atoms with Gasteiger partial charge in [0.25, 0.3) is 11.6 Å². The molecule has 0 unspecified atom stereocenters. The van der Waals surface area contributed by atoms with Crippen molar-refractivity contribution >= 4 is 17.6 Å². The molecule has 0 aliphatic heterocycles. The summed E-state index contributed by atoms with van der Waals surface area (Å²) in [6.45, 7) is -0.0503. The van der Waals surface area contributed by atoms with E-state index in [1.807, 2.05) is 0 Å². The molecule has 0 saturated heterocycles. The van der Waals surface area contributed by atoms with Crippen LogP contribution in [0.15, 0.2) is 12.3 Å².